The number of urea groups is 1. The number of nitrogens with zero attached hydrogens (tertiary/aromatic N) is 1. The van der Waals surface area contributed by atoms with E-state index in [1.54, 1.807) is 24.3 Å². The van der Waals surface area contributed by atoms with Gasteiger partial charge in [-0.15, -0.1) is 0 Å². The number of hydrogen-bond acceptors (Lipinski definition) is 3. The van der Waals surface area contributed by atoms with Crippen LogP contribution in [-0.2, 0) is 17.5 Å². The number of amides is 3. The van der Waals surface area contributed by atoms with Crippen molar-refractivity contribution in [2.45, 2.75) is 57.2 Å². The number of benzene rings is 3. The molecule has 3 N–H and O–H groups in total. The predicted octanol–water partition coefficient (Wildman–Crippen LogP) is 7.96. The summed E-state index contributed by atoms with van der Waals surface area (Å²) in [7, 11) is 0. The molecule has 0 atom stereocenters. The summed E-state index contributed by atoms with van der Waals surface area (Å²) in [6.45, 7) is 0.0744. The van der Waals surface area contributed by atoms with Crippen LogP contribution >= 0.6 is 15.9 Å². The number of hydrogen-bond donors (Lipinski definition) is 3. The first-order valence-electron chi connectivity index (χ1n) is 13.7. The molecule has 4 rings (SSSR count). The second-order valence-electron chi connectivity index (χ2n) is 10.2. The molecule has 7 nitrogen and oxygen atoms in total. The number of halogens is 4. The molecule has 222 valence electrons. The van der Waals surface area contributed by atoms with Crippen LogP contribution in [0.5, 0.6) is 0 Å². The van der Waals surface area contributed by atoms with Gasteiger partial charge in [0.15, 0.2) is 0 Å². The zero-order valence-electron chi connectivity index (χ0n) is 22.7. The summed E-state index contributed by atoms with van der Waals surface area (Å²) in [5.74, 6) is -0.979. The standard InChI is InChI=1S/C31H31BrF3N3O4/c32-27-15-12-24(18-26(27)31(33,34)35)37-30(42)38(25-13-10-22(11-14-25)21-4-2-1-3-5-21)19-20-6-8-23(9-7-20)29(41)36-17-16-28(39)40/h6-15,18,21H,1-5,16-17,19H2,(H,36,41)(H,37,42)(H,39,40). The van der Waals surface area contributed by atoms with Crippen molar-refractivity contribution < 1.29 is 32.7 Å². The molecule has 3 aromatic rings. The van der Waals surface area contributed by atoms with E-state index in [0.717, 1.165) is 18.9 Å². The molecular formula is C31H31BrF3N3O4. The Hall–Kier alpha value is -3.86. The molecule has 0 saturated heterocycles. The third-order valence-corrected chi connectivity index (χ3v) is 7.92. The van der Waals surface area contributed by atoms with Crippen molar-refractivity contribution in [3.8, 4) is 0 Å². The van der Waals surface area contributed by atoms with Crippen LogP contribution in [0.1, 0.15) is 71.5 Å². The molecule has 0 heterocycles. The second kappa shape index (κ2) is 13.9. The van der Waals surface area contributed by atoms with Crippen molar-refractivity contribution >= 4 is 45.2 Å². The lowest BCUT2D eigenvalue weighted by Gasteiger charge is -2.26. The molecule has 1 fully saturated rings. The van der Waals surface area contributed by atoms with Gasteiger partial charge in [0.25, 0.3) is 5.91 Å². The van der Waals surface area contributed by atoms with Crippen LogP contribution in [0.2, 0.25) is 0 Å². The van der Waals surface area contributed by atoms with Crippen LogP contribution < -0.4 is 15.5 Å². The normalized spacial score (nSPS) is 13.8. The number of carbonyl (C=O) groups excluding carboxylic acids is 2. The van der Waals surface area contributed by atoms with Crippen molar-refractivity contribution in [1.82, 2.24) is 5.32 Å². The van der Waals surface area contributed by atoms with E-state index >= 15 is 0 Å². The minimum absolute atomic E-state index is 0.00673. The summed E-state index contributed by atoms with van der Waals surface area (Å²) in [6, 6.07) is 17.0. The Morgan fingerprint density at radius 3 is 2.21 bits per heavy atom. The van der Waals surface area contributed by atoms with E-state index in [9.17, 15) is 27.6 Å². The van der Waals surface area contributed by atoms with Gasteiger partial charge in [-0.3, -0.25) is 14.5 Å². The van der Waals surface area contributed by atoms with Crippen LogP contribution in [0.15, 0.2) is 71.2 Å². The molecule has 1 aliphatic carbocycles. The van der Waals surface area contributed by atoms with E-state index in [4.69, 9.17) is 5.11 Å². The van der Waals surface area contributed by atoms with Crippen LogP contribution in [0.4, 0.5) is 29.3 Å². The molecule has 1 aliphatic rings. The van der Waals surface area contributed by atoms with Gasteiger partial charge in [0, 0.05) is 28.0 Å². The van der Waals surface area contributed by atoms with E-state index in [1.807, 2.05) is 24.3 Å². The Balaban J connectivity index is 1.56. The van der Waals surface area contributed by atoms with Crippen LogP contribution in [0.25, 0.3) is 0 Å². The first-order chi connectivity index (χ1) is 20.0. The highest BCUT2D eigenvalue weighted by Gasteiger charge is 2.33. The number of carboxylic acids is 1. The summed E-state index contributed by atoms with van der Waals surface area (Å²) in [4.78, 5) is 37.9. The Morgan fingerprint density at radius 2 is 1.60 bits per heavy atom. The molecule has 0 aliphatic heterocycles. The van der Waals surface area contributed by atoms with Gasteiger partial charge < -0.3 is 15.7 Å². The fourth-order valence-corrected chi connectivity index (χ4v) is 5.45. The fourth-order valence-electron chi connectivity index (χ4n) is 4.98. The number of carboxylic acid groups (broad SMARTS) is 1. The Bertz CT molecular complexity index is 1410. The molecule has 0 spiro atoms. The molecule has 11 heteroatoms. The van der Waals surface area contributed by atoms with Gasteiger partial charge in [0.05, 0.1) is 18.5 Å². The first-order valence-corrected chi connectivity index (χ1v) is 14.4. The van der Waals surface area contributed by atoms with Crippen LogP contribution in [0, 0.1) is 0 Å². The largest absolute Gasteiger partial charge is 0.481 e. The molecular weight excluding hydrogens is 615 g/mol. The molecule has 1 saturated carbocycles. The lowest BCUT2D eigenvalue weighted by atomic mass is 9.84. The summed E-state index contributed by atoms with van der Waals surface area (Å²) in [5, 5.41) is 13.9. The quantitative estimate of drug-likeness (QED) is 0.220. The lowest BCUT2D eigenvalue weighted by Crippen LogP contribution is -2.34. The van der Waals surface area contributed by atoms with Crippen molar-refractivity contribution in [3.05, 3.63) is 93.5 Å². The van der Waals surface area contributed by atoms with Crippen molar-refractivity contribution in [2.24, 2.45) is 0 Å². The van der Waals surface area contributed by atoms with E-state index in [2.05, 4.69) is 26.6 Å². The number of aliphatic carboxylic acids is 1. The van der Waals surface area contributed by atoms with E-state index in [1.165, 1.54) is 41.9 Å². The number of alkyl halides is 3. The topological polar surface area (TPSA) is 98.7 Å². The average Bonchev–Trinajstić information content (AvgIpc) is 2.97. The van der Waals surface area contributed by atoms with Gasteiger partial charge in [0.2, 0.25) is 0 Å². The Kier molecular flexibility index (Phi) is 10.3. The highest BCUT2D eigenvalue weighted by atomic mass is 79.9. The predicted molar refractivity (Wildman–Crippen MR) is 158 cm³/mol. The zero-order chi connectivity index (χ0) is 30.3. The molecule has 0 unspecified atom stereocenters. The number of anilines is 2. The fraction of sp³-hybridized carbons (Fsp3) is 0.323. The van der Waals surface area contributed by atoms with Gasteiger partial charge in [-0.1, -0.05) is 59.5 Å². The Morgan fingerprint density at radius 1 is 0.929 bits per heavy atom. The molecule has 3 amide bonds. The van der Waals surface area contributed by atoms with E-state index in [-0.39, 0.29) is 29.7 Å². The lowest BCUT2D eigenvalue weighted by molar-refractivity contribution is -0.138. The molecule has 0 bridgehead atoms. The minimum atomic E-state index is -4.60. The zero-order valence-corrected chi connectivity index (χ0v) is 24.3. The highest BCUT2D eigenvalue weighted by molar-refractivity contribution is 9.10. The summed E-state index contributed by atoms with van der Waals surface area (Å²) >= 11 is 2.92. The first kappa shape index (κ1) is 31.1. The molecule has 0 aromatic heterocycles. The van der Waals surface area contributed by atoms with E-state index in [0.29, 0.717) is 22.7 Å². The smallest absolute Gasteiger partial charge is 0.417 e. The second-order valence-corrected chi connectivity index (χ2v) is 11.1. The molecule has 42 heavy (non-hydrogen) atoms. The summed E-state index contributed by atoms with van der Waals surface area (Å²) in [5.41, 5.74) is 1.85. The molecule has 0 radical (unpaired) electrons. The van der Waals surface area contributed by atoms with Crippen molar-refractivity contribution in [3.63, 3.8) is 0 Å². The maximum absolute atomic E-state index is 13.5. The van der Waals surface area contributed by atoms with Gasteiger partial charge in [-0.25, -0.2) is 4.79 Å². The number of carbonyl (C=O) groups is 3. The number of rotatable bonds is 9. The highest BCUT2D eigenvalue weighted by Crippen LogP contribution is 2.37. The van der Waals surface area contributed by atoms with E-state index < -0.39 is 29.6 Å². The SMILES string of the molecule is O=C(O)CCNC(=O)c1ccc(CN(C(=O)Nc2ccc(Br)c(C(F)(F)F)c2)c2ccc(C3CCCCC3)cc2)cc1. The van der Waals surface area contributed by atoms with Crippen molar-refractivity contribution in [1.29, 1.82) is 0 Å². The Labute approximate surface area is 250 Å². The maximum Gasteiger partial charge on any atom is 0.417 e. The third kappa shape index (κ3) is 8.34. The third-order valence-electron chi connectivity index (χ3n) is 7.23. The number of nitrogens with one attached hydrogen (secondary N) is 2. The van der Waals surface area contributed by atoms with Crippen LogP contribution in [0.3, 0.4) is 0 Å². The van der Waals surface area contributed by atoms with Crippen molar-refractivity contribution in [2.75, 3.05) is 16.8 Å². The summed E-state index contributed by atoms with van der Waals surface area (Å²) < 4.78 is 40.2. The van der Waals surface area contributed by atoms with Gasteiger partial charge in [0.1, 0.15) is 0 Å². The van der Waals surface area contributed by atoms with Gasteiger partial charge in [-0.2, -0.15) is 13.2 Å². The minimum Gasteiger partial charge on any atom is -0.481 e. The van der Waals surface area contributed by atoms with Crippen LogP contribution in [-0.4, -0.2) is 29.6 Å². The van der Waals surface area contributed by atoms with Gasteiger partial charge in [-0.05, 0) is 72.4 Å². The molecule has 3 aromatic carbocycles. The average molecular weight is 647 g/mol. The van der Waals surface area contributed by atoms with Gasteiger partial charge >= 0.3 is 18.2 Å². The maximum atomic E-state index is 13.5. The summed E-state index contributed by atoms with van der Waals surface area (Å²) in [6.07, 6.45) is 1.03. The monoisotopic (exact) mass is 645 g/mol.